The lowest BCUT2D eigenvalue weighted by molar-refractivity contribution is 0.578. The Morgan fingerprint density at radius 2 is 2.15 bits per heavy atom. The molecule has 0 amide bonds. The Hall–Kier alpha value is -1.44. The first-order chi connectivity index (χ1) is 6.18. The molecule has 0 aliphatic carbocycles. The van der Waals surface area contributed by atoms with Crippen molar-refractivity contribution < 1.29 is 4.42 Å². The second kappa shape index (κ2) is 2.80. The third-order valence-electron chi connectivity index (χ3n) is 1.43. The summed E-state index contributed by atoms with van der Waals surface area (Å²) in [5.41, 5.74) is 5.88. The van der Waals surface area contributed by atoms with Crippen molar-refractivity contribution in [3.63, 3.8) is 0 Å². The molecule has 0 saturated carbocycles. The van der Waals surface area contributed by atoms with E-state index in [1.807, 2.05) is 0 Å². The van der Waals surface area contributed by atoms with E-state index < -0.39 is 0 Å². The number of hydrogen-bond donors (Lipinski definition) is 1. The van der Waals surface area contributed by atoms with Crippen LogP contribution in [0.25, 0.3) is 11.6 Å². The summed E-state index contributed by atoms with van der Waals surface area (Å²) < 4.78 is 7.07. The molecule has 0 aromatic carbocycles. The number of aryl methyl sites for hydroxylation is 1. The molecule has 2 aromatic rings. The summed E-state index contributed by atoms with van der Waals surface area (Å²) >= 11 is 3.20. The number of nitrogens with zero attached hydrogens (tertiary/aromatic N) is 5. The van der Waals surface area contributed by atoms with E-state index in [0.717, 1.165) is 0 Å². The quantitative estimate of drug-likeness (QED) is 0.771. The van der Waals surface area contributed by atoms with E-state index in [4.69, 9.17) is 10.2 Å². The Morgan fingerprint density at radius 3 is 2.62 bits per heavy atom. The van der Waals surface area contributed by atoms with E-state index >= 15 is 0 Å². The first-order valence-electron chi connectivity index (χ1n) is 3.33. The van der Waals surface area contributed by atoms with Crippen molar-refractivity contribution in [3.05, 3.63) is 4.60 Å². The average molecular weight is 245 g/mol. The predicted molar refractivity (Wildman–Crippen MR) is 46.4 cm³/mol. The summed E-state index contributed by atoms with van der Waals surface area (Å²) in [7, 11) is 1.72. The van der Waals surface area contributed by atoms with Crippen LogP contribution in [0.2, 0.25) is 0 Å². The molecule has 0 radical (unpaired) electrons. The molecule has 8 heteroatoms. The Morgan fingerprint density at radius 1 is 1.38 bits per heavy atom. The van der Waals surface area contributed by atoms with Crippen molar-refractivity contribution in [3.8, 4) is 11.6 Å². The lowest BCUT2D eigenvalue weighted by Crippen LogP contribution is -1.94. The van der Waals surface area contributed by atoms with Gasteiger partial charge in [0.05, 0.1) is 0 Å². The Balaban J connectivity index is 2.57. The van der Waals surface area contributed by atoms with Crippen molar-refractivity contribution >= 4 is 21.9 Å². The normalized spacial score (nSPS) is 10.6. The first-order valence-corrected chi connectivity index (χ1v) is 4.12. The van der Waals surface area contributed by atoms with E-state index in [0.29, 0.717) is 10.3 Å². The number of aromatic nitrogens is 5. The molecular weight excluding hydrogens is 240 g/mol. The van der Waals surface area contributed by atoms with Gasteiger partial charge >= 0.3 is 6.01 Å². The van der Waals surface area contributed by atoms with Crippen LogP contribution in [0, 0.1) is 0 Å². The highest BCUT2D eigenvalue weighted by atomic mass is 79.9. The summed E-state index contributed by atoms with van der Waals surface area (Å²) in [6, 6.07) is 0.0168. The first kappa shape index (κ1) is 8.17. The van der Waals surface area contributed by atoms with Crippen LogP contribution in [0.15, 0.2) is 9.02 Å². The van der Waals surface area contributed by atoms with Gasteiger partial charge in [-0.1, -0.05) is 10.3 Å². The smallest absolute Gasteiger partial charge is 0.313 e. The molecule has 7 nitrogen and oxygen atoms in total. The van der Waals surface area contributed by atoms with Crippen LogP contribution in [0.1, 0.15) is 0 Å². The summed E-state index contributed by atoms with van der Waals surface area (Å²) in [5.74, 6) is 0.289. The Kier molecular flexibility index (Phi) is 1.76. The van der Waals surface area contributed by atoms with Gasteiger partial charge in [-0.3, -0.25) is 0 Å². The van der Waals surface area contributed by atoms with Gasteiger partial charge in [0.2, 0.25) is 0 Å². The Bertz CT molecular complexity index is 414. The van der Waals surface area contributed by atoms with Gasteiger partial charge in [-0.2, -0.15) is 0 Å². The summed E-state index contributed by atoms with van der Waals surface area (Å²) in [4.78, 5) is 0. The van der Waals surface area contributed by atoms with Crippen molar-refractivity contribution in [1.29, 1.82) is 0 Å². The van der Waals surface area contributed by atoms with E-state index in [2.05, 4.69) is 36.4 Å². The van der Waals surface area contributed by atoms with Gasteiger partial charge in [0, 0.05) is 7.05 Å². The fourth-order valence-corrected chi connectivity index (χ4v) is 1.39. The maximum Gasteiger partial charge on any atom is 0.313 e. The van der Waals surface area contributed by atoms with Gasteiger partial charge in [-0.05, 0) is 15.9 Å². The maximum absolute atomic E-state index is 5.28. The standard InChI is InChI=1S/C5H5BrN6O/c1-12-2(3(6)8-11-12)4-9-10-5(7)13-4/h1H3,(H2,7,10). The summed E-state index contributed by atoms with van der Waals surface area (Å²) in [5, 5.41) is 14.7. The number of hydrogen-bond acceptors (Lipinski definition) is 6. The van der Waals surface area contributed by atoms with Crippen molar-refractivity contribution in [1.82, 2.24) is 25.2 Å². The second-order valence-corrected chi connectivity index (χ2v) is 3.05. The van der Waals surface area contributed by atoms with Crippen molar-refractivity contribution in [2.24, 2.45) is 7.05 Å². The molecule has 2 N–H and O–H groups in total. The fourth-order valence-electron chi connectivity index (χ4n) is 0.889. The zero-order valence-corrected chi connectivity index (χ0v) is 8.19. The van der Waals surface area contributed by atoms with Crippen LogP contribution in [-0.2, 0) is 7.05 Å². The fraction of sp³-hybridized carbons (Fsp3) is 0.200. The number of halogens is 1. The van der Waals surface area contributed by atoms with E-state index in [-0.39, 0.29) is 11.9 Å². The highest BCUT2D eigenvalue weighted by Gasteiger charge is 2.16. The SMILES string of the molecule is Cn1nnc(Br)c1-c1nnc(N)o1. The Labute approximate surface area is 81.1 Å². The molecule has 0 unspecified atom stereocenters. The van der Waals surface area contributed by atoms with Crippen LogP contribution < -0.4 is 5.73 Å². The maximum atomic E-state index is 5.28. The van der Waals surface area contributed by atoms with Crippen LogP contribution in [0.5, 0.6) is 0 Å². The number of nitrogen functional groups attached to an aromatic ring is 1. The van der Waals surface area contributed by atoms with Crippen molar-refractivity contribution in [2.75, 3.05) is 5.73 Å². The topological polar surface area (TPSA) is 95.7 Å². The molecule has 2 rings (SSSR count). The zero-order chi connectivity index (χ0) is 9.42. The minimum Gasteiger partial charge on any atom is -0.402 e. The van der Waals surface area contributed by atoms with Gasteiger partial charge in [0.15, 0.2) is 10.3 Å². The third-order valence-corrected chi connectivity index (χ3v) is 1.96. The highest BCUT2D eigenvalue weighted by Crippen LogP contribution is 2.24. The molecule has 0 aliphatic rings. The zero-order valence-electron chi connectivity index (χ0n) is 6.60. The van der Waals surface area contributed by atoms with Crippen LogP contribution >= 0.6 is 15.9 Å². The van der Waals surface area contributed by atoms with Crippen LogP contribution in [0.3, 0.4) is 0 Å². The minimum absolute atomic E-state index is 0.0168. The van der Waals surface area contributed by atoms with Gasteiger partial charge in [-0.25, -0.2) is 4.68 Å². The third kappa shape index (κ3) is 1.28. The molecule has 0 aliphatic heterocycles. The number of nitrogens with two attached hydrogens (primary N) is 1. The molecule has 2 heterocycles. The number of anilines is 1. The van der Waals surface area contributed by atoms with Gasteiger partial charge in [-0.15, -0.1) is 10.2 Å². The lowest BCUT2D eigenvalue weighted by atomic mass is 10.5. The van der Waals surface area contributed by atoms with E-state index in [9.17, 15) is 0 Å². The van der Waals surface area contributed by atoms with Crippen molar-refractivity contribution in [2.45, 2.75) is 0 Å². The molecule has 0 atom stereocenters. The second-order valence-electron chi connectivity index (χ2n) is 2.30. The summed E-state index contributed by atoms with van der Waals surface area (Å²) in [6.45, 7) is 0. The van der Waals surface area contributed by atoms with Gasteiger partial charge in [0.1, 0.15) is 0 Å². The van der Waals surface area contributed by atoms with Crippen LogP contribution in [0.4, 0.5) is 6.01 Å². The van der Waals surface area contributed by atoms with Gasteiger partial charge < -0.3 is 10.2 Å². The molecule has 0 saturated heterocycles. The van der Waals surface area contributed by atoms with Gasteiger partial charge in [0.25, 0.3) is 5.89 Å². The minimum atomic E-state index is 0.0168. The molecule has 0 fully saturated rings. The van der Waals surface area contributed by atoms with Crippen LogP contribution in [-0.4, -0.2) is 25.2 Å². The predicted octanol–water partition coefficient (Wildman–Crippen LogP) is 0.210. The molecule has 0 bridgehead atoms. The molecule has 0 spiro atoms. The average Bonchev–Trinajstić information content (AvgIpc) is 2.60. The molecular formula is C5H5BrN6O. The molecule has 2 aromatic heterocycles. The molecule has 68 valence electrons. The van der Waals surface area contributed by atoms with E-state index in [1.165, 1.54) is 4.68 Å². The monoisotopic (exact) mass is 244 g/mol. The largest absolute Gasteiger partial charge is 0.402 e. The lowest BCUT2D eigenvalue weighted by Gasteiger charge is -1.92. The summed E-state index contributed by atoms with van der Waals surface area (Å²) in [6.07, 6.45) is 0. The molecule has 13 heavy (non-hydrogen) atoms. The van der Waals surface area contributed by atoms with E-state index in [1.54, 1.807) is 7.05 Å². The number of rotatable bonds is 1. The highest BCUT2D eigenvalue weighted by molar-refractivity contribution is 9.10.